The van der Waals surface area contributed by atoms with Crippen LogP contribution >= 0.6 is 23.5 Å². The summed E-state index contributed by atoms with van der Waals surface area (Å²) in [6.07, 6.45) is -13.3. The third-order valence-electron chi connectivity index (χ3n) is 3.19. The van der Waals surface area contributed by atoms with Crippen LogP contribution in [-0.4, -0.2) is 46.4 Å². The highest BCUT2D eigenvalue weighted by Crippen LogP contribution is 2.54. The van der Waals surface area contributed by atoms with Crippen molar-refractivity contribution in [2.45, 2.75) is 39.6 Å². The predicted molar refractivity (Wildman–Crippen MR) is 85.3 cm³/mol. The maximum atomic E-state index is 13.4. The maximum Gasteiger partial charge on any atom is 0.460 e. The van der Waals surface area contributed by atoms with Crippen LogP contribution in [0.3, 0.4) is 0 Å². The second-order valence-electron chi connectivity index (χ2n) is 5.64. The third kappa shape index (κ3) is 6.05. The molecule has 1 rings (SSSR count). The first-order valence-electron chi connectivity index (χ1n) is 7.43. The van der Waals surface area contributed by atoms with Crippen LogP contribution in [0.5, 0.6) is 0 Å². The van der Waals surface area contributed by atoms with Gasteiger partial charge in [0.2, 0.25) is 5.91 Å². The molecular weight excluding hydrogens is 528 g/mol. The molecule has 1 aromatic carbocycles. The molecule has 1 amide bonds. The van der Waals surface area contributed by atoms with Gasteiger partial charge in [0.15, 0.2) is 0 Å². The Morgan fingerprint density at radius 1 is 0.750 bits per heavy atom. The number of benzene rings is 1. The number of hydrogen-bond donors (Lipinski definition) is 1. The Morgan fingerprint density at radius 3 is 1.69 bits per heavy atom. The summed E-state index contributed by atoms with van der Waals surface area (Å²) >= 11 is -2.66. The summed E-state index contributed by atoms with van der Waals surface area (Å²) < 4.78 is 177. The van der Waals surface area contributed by atoms with E-state index in [1.165, 1.54) is 0 Å². The first-order valence-corrected chi connectivity index (χ1v) is 9.23. The van der Waals surface area contributed by atoms with Crippen LogP contribution < -0.4 is 5.32 Å². The Bertz CT molecular complexity index is 820. The lowest BCUT2D eigenvalue weighted by atomic mass is 10.3. The summed E-state index contributed by atoms with van der Waals surface area (Å²) in [6.45, 7) is 0. The van der Waals surface area contributed by atoms with Crippen molar-refractivity contribution in [3.63, 3.8) is 0 Å². The van der Waals surface area contributed by atoms with Crippen LogP contribution in [0, 0.1) is 0 Å². The Hall–Kier alpha value is -1.59. The minimum absolute atomic E-state index is 0.413. The summed E-state index contributed by atoms with van der Waals surface area (Å²) in [5.41, 5.74) is -0.641. The quantitative estimate of drug-likeness (QED) is 0.286. The third-order valence-corrected chi connectivity index (χ3v) is 5.22. The fourth-order valence-electron chi connectivity index (χ4n) is 1.62. The van der Waals surface area contributed by atoms with Gasteiger partial charge < -0.3 is 5.32 Å². The standard InChI is InChI=1S/C14H7F14NOS2/c15-9(16,11(19,20)21)13(25,26)31-5-8(30)29-6-2-1-3-7(4-6)32-14(27,28)10(17,18)12(22,23)24/h1-4H,5H2,(H,29,30). The number of rotatable bonds is 8. The molecule has 0 aromatic heterocycles. The first kappa shape index (κ1) is 28.4. The SMILES string of the molecule is O=C(CSC(F)(F)C(F)(F)C(F)(F)F)Nc1cccc(SC(F)(F)C(F)(F)C(F)(F)F)c1. The zero-order valence-corrected chi connectivity index (χ0v) is 16.2. The number of nitrogens with one attached hydrogen (secondary N) is 1. The van der Waals surface area contributed by atoms with Gasteiger partial charge in [0.25, 0.3) is 0 Å². The van der Waals surface area contributed by atoms with Gasteiger partial charge >= 0.3 is 34.7 Å². The number of thioether (sulfide) groups is 2. The molecule has 2 nitrogen and oxygen atoms in total. The van der Waals surface area contributed by atoms with Crippen molar-refractivity contribution in [2.75, 3.05) is 11.1 Å². The van der Waals surface area contributed by atoms with Gasteiger partial charge in [-0.15, -0.1) is 0 Å². The average molecular weight is 535 g/mol. The van der Waals surface area contributed by atoms with Crippen LogP contribution in [0.2, 0.25) is 0 Å². The number of hydrogen-bond acceptors (Lipinski definition) is 3. The Kier molecular flexibility index (Phi) is 7.98. The van der Waals surface area contributed by atoms with Gasteiger partial charge in [-0.2, -0.15) is 61.5 Å². The van der Waals surface area contributed by atoms with Crippen molar-refractivity contribution in [1.29, 1.82) is 0 Å². The summed E-state index contributed by atoms with van der Waals surface area (Å²) in [5.74, 6) is -16.3. The van der Waals surface area contributed by atoms with E-state index in [0.717, 1.165) is 12.1 Å². The van der Waals surface area contributed by atoms with Gasteiger partial charge in [0, 0.05) is 10.6 Å². The van der Waals surface area contributed by atoms with E-state index in [4.69, 9.17) is 0 Å². The topological polar surface area (TPSA) is 29.1 Å². The van der Waals surface area contributed by atoms with Crippen molar-refractivity contribution < 1.29 is 66.3 Å². The predicted octanol–water partition coefficient (Wildman–Crippen LogP) is 7.03. The fourth-order valence-corrected chi connectivity index (χ4v) is 3.18. The lowest BCUT2D eigenvalue weighted by Crippen LogP contribution is -2.50. The highest BCUT2D eigenvalue weighted by atomic mass is 32.2. The molecule has 1 aromatic rings. The lowest BCUT2D eigenvalue weighted by molar-refractivity contribution is -0.330. The maximum absolute atomic E-state index is 13.4. The Balaban J connectivity index is 2.88. The molecule has 18 heteroatoms. The molecule has 0 saturated carbocycles. The highest BCUT2D eigenvalue weighted by molar-refractivity contribution is 8.01. The Labute approximate surface area is 177 Å². The first-order chi connectivity index (χ1) is 14.1. The molecule has 0 aliphatic heterocycles. The molecule has 0 saturated heterocycles. The minimum atomic E-state index is -6.64. The molecule has 32 heavy (non-hydrogen) atoms. The van der Waals surface area contributed by atoms with Crippen LogP contribution in [0.15, 0.2) is 29.2 Å². The van der Waals surface area contributed by atoms with Crippen LogP contribution in [0.4, 0.5) is 67.2 Å². The van der Waals surface area contributed by atoms with Gasteiger partial charge in [-0.05, 0) is 30.0 Å². The smallest absolute Gasteiger partial charge is 0.325 e. The number of anilines is 1. The van der Waals surface area contributed by atoms with E-state index in [1.54, 1.807) is 5.32 Å². The largest absolute Gasteiger partial charge is 0.460 e. The molecule has 0 atom stereocenters. The average Bonchev–Trinajstić information content (AvgIpc) is 2.57. The molecule has 0 radical (unpaired) electrons. The van der Waals surface area contributed by atoms with E-state index in [2.05, 4.69) is 0 Å². The number of halogens is 14. The zero-order valence-electron chi connectivity index (χ0n) is 14.5. The molecule has 184 valence electrons. The minimum Gasteiger partial charge on any atom is -0.325 e. The monoisotopic (exact) mass is 535 g/mol. The van der Waals surface area contributed by atoms with Gasteiger partial charge in [0.05, 0.1) is 5.75 Å². The van der Waals surface area contributed by atoms with Gasteiger partial charge in [0.1, 0.15) is 0 Å². The molecule has 0 bridgehead atoms. The molecule has 0 fully saturated rings. The molecule has 0 aliphatic rings. The van der Waals surface area contributed by atoms with Crippen molar-refractivity contribution >= 4 is 35.1 Å². The van der Waals surface area contributed by atoms with E-state index in [-0.39, 0.29) is 0 Å². The summed E-state index contributed by atoms with van der Waals surface area (Å²) in [4.78, 5) is 10.5. The van der Waals surface area contributed by atoms with E-state index >= 15 is 0 Å². The van der Waals surface area contributed by atoms with Crippen LogP contribution in [0.1, 0.15) is 0 Å². The fraction of sp³-hybridized carbons (Fsp3) is 0.500. The van der Waals surface area contributed by atoms with Gasteiger partial charge in [-0.3, -0.25) is 4.79 Å². The lowest BCUT2D eigenvalue weighted by Gasteiger charge is -2.27. The molecule has 0 unspecified atom stereocenters. The van der Waals surface area contributed by atoms with Gasteiger partial charge in [-0.1, -0.05) is 17.8 Å². The van der Waals surface area contributed by atoms with Crippen molar-refractivity contribution in [3.05, 3.63) is 24.3 Å². The normalized spacial score (nSPS) is 14.4. The molecule has 1 N–H and O–H groups in total. The molecular formula is C14H7F14NOS2. The van der Waals surface area contributed by atoms with E-state index in [9.17, 15) is 66.3 Å². The van der Waals surface area contributed by atoms with Crippen LogP contribution in [-0.2, 0) is 4.79 Å². The second-order valence-corrected chi connectivity index (χ2v) is 7.92. The molecule has 0 spiro atoms. The van der Waals surface area contributed by atoms with Crippen LogP contribution in [0.25, 0.3) is 0 Å². The van der Waals surface area contributed by atoms with Crippen molar-refractivity contribution in [2.24, 2.45) is 0 Å². The Morgan fingerprint density at radius 2 is 1.22 bits per heavy atom. The summed E-state index contributed by atoms with van der Waals surface area (Å²) in [6, 6.07) is 2.61. The number of carbonyl (C=O) groups is 1. The van der Waals surface area contributed by atoms with Crippen molar-refractivity contribution in [3.8, 4) is 0 Å². The molecule has 0 heterocycles. The number of amides is 1. The van der Waals surface area contributed by atoms with E-state index < -0.39 is 80.5 Å². The number of alkyl halides is 14. The van der Waals surface area contributed by atoms with Crippen molar-refractivity contribution in [1.82, 2.24) is 0 Å². The van der Waals surface area contributed by atoms with Gasteiger partial charge in [-0.25, -0.2) is 0 Å². The highest BCUT2D eigenvalue weighted by Gasteiger charge is 2.74. The van der Waals surface area contributed by atoms with E-state index in [1.807, 2.05) is 0 Å². The zero-order chi connectivity index (χ0) is 25.4. The molecule has 0 aliphatic carbocycles. The number of carbonyl (C=O) groups excluding carboxylic acids is 1. The summed E-state index contributed by atoms with van der Waals surface area (Å²) in [7, 11) is 0. The van der Waals surface area contributed by atoms with E-state index in [0.29, 0.717) is 12.1 Å². The second kappa shape index (κ2) is 8.98. The summed E-state index contributed by atoms with van der Waals surface area (Å²) in [5, 5.41) is -9.87.